The van der Waals surface area contributed by atoms with Crippen molar-refractivity contribution in [1.82, 2.24) is 9.13 Å². The molecule has 11 aromatic rings. The largest absolute Gasteiger partial charge is 0.311 e. The molecule has 0 bridgehead atoms. The third-order valence-electron chi connectivity index (χ3n) is 11.3. The molecule has 0 aliphatic heterocycles. The minimum atomic E-state index is 1.11. The Kier molecular flexibility index (Phi) is 7.82. The lowest BCUT2D eigenvalue weighted by molar-refractivity contribution is 1.18. The van der Waals surface area contributed by atoms with E-state index in [0.717, 1.165) is 17.1 Å². The normalized spacial score (nSPS) is 11.5. The van der Waals surface area contributed by atoms with E-state index in [1.54, 1.807) is 0 Å². The summed E-state index contributed by atoms with van der Waals surface area (Å²) >= 11 is 0. The molecule has 3 heteroatoms. The fraction of sp³-hybridized carbons (Fsp3) is 0. The third-order valence-corrected chi connectivity index (χ3v) is 11.3. The average molecular weight is 728 g/mol. The van der Waals surface area contributed by atoms with Crippen LogP contribution in [0.1, 0.15) is 0 Å². The number of anilines is 3. The molecule has 3 nitrogen and oxygen atoms in total. The highest BCUT2D eigenvalue weighted by Crippen LogP contribution is 2.40. The van der Waals surface area contributed by atoms with Crippen molar-refractivity contribution in [2.24, 2.45) is 0 Å². The molecule has 268 valence electrons. The Morgan fingerprint density at radius 1 is 0.246 bits per heavy atom. The van der Waals surface area contributed by atoms with Crippen LogP contribution in [-0.4, -0.2) is 9.13 Å². The van der Waals surface area contributed by atoms with Crippen LogP contribution in [0.3, 0.4) is 0 Å². The van der Waals surface area contributed by atoms with E-state index in [4.69, 9.17) is 0 Å². The molecule has 0 aliphatic carbocycles. The van der Waals surface area contributed by atoms with Gasteiger partial charge in [-0.25, -0.2) is 0 Å². The van der Waals surface area contributed by atoms with Crippen LogP contribution in [0.4, 0.5) is 17.1 Å². The smallest absolute Gasteiger partial charge is 0.0541 e. The van der Waals surface area contributed by atoms with Crippen LogP contribution in [0.25, 0.3) is 77.2 Å². The van der Waals surface area contributed by atoms with Gasteiger partial charge in [0.15, 0.2) is 0 Å². The molecule has 0 aliphatic rings. The molecule has 11 rings (SSSR count). The summed E-state index contributed by atoms with van der Waals surface area (Å²) in [5, 5.41) is 5.02. The molecule has 0 spiro atoms. The molecule has 0 atom stereocenters. The lowest BCUT2D eigenvalue weighted by atomic mass is 10.0. The van der Waals surface area contributed by atoms with Crippen LogP contribution < -0.4 is 4.90 Å². The number of benzene rings is 9. The van der Waals surface area contributed by atoms with Crippen molar-refractivity contribution in [3.8, 4) is 33.6 Å². The number of aromatic nitrogens is 2. The van der Waals surface area contributed by atoms with Crippen molar-refractivity contribution < 1.29 is 0 Å². The minimum Gasteiger partial charge on any atom is -0.311 e. The van der Waals surface area contributed by atoms with Crippen molar-refractivity contribution in [2.75, 3.05) is 4.90 Å². The summed E-state index contributed by atoms with van der Waals surface area (Å²) in [4.78, 5) is 2.33. The molecule has 57 heavy (non-hydrogen) atoms. The Bertz CT molecular complexity index is 2990. The van der Waals surface area contributed by atoms with Gasteiger partial charge in [0.25, 0.3) is 0 Å². The lowest BCUT2D eigenvalue weighted by Gasteiger charge is -2.26. The summed E-state index contributed by atoms with van der Waals surface area (Å²) < 4.78 is 4.73. The quantitative estimate of drug-likeness (QED) is 0.159. The van der Waals surface area contributed by atoms with Crippen molar-refractivity contribution in [1.29, 1.82) is 0 Å². The van der Waals surface area contributed by atoms with Crippen molar-refractivity contribution in [3.05, 3.63) is 224 Å². The molecule has 0 saturated heterocycles. The number of rotatable bonds is 7. The van der Waals surface area contributed by atoms with Crippen molar-refractivity contribution in [3.63, 3.8) is 0 Å². The van der Waals surface area contributed by atoms with Crippen molar-refractivity contribution >= 4 is 60.7 Å². The molecule has 0 saturated carbocycles. The molecular formula is C54H37N3. The molecule has 9 aromatic carbocycles. The number of nitrogens with zero attached hydrogens (tertiary/aromatic N) is 3. The Labute approximate surface area is 331 Å². The van der Waals surface area contributed by atoms with Crippen LogP contribution in [0.2, 0.25) is 0 Å². The Morgan fingerprint density at radius 3 is 1.02 bits per heavy atom. The third kappa shape index (κ3) is 5.60. The van der Waals surface area contributed by atoms with E-state index in [1.165, 1.54) is 77.2 Å². The van der Waals surface area contributed by atoms with E-state index in [9.17, 15) is 0 Å². The topological polar surface area (TPSA) is 13.1 Å². The number of para-hydroxylation sites is 5. The van der Waals surface area contributed by atoms with Gasteiger partial charge in [0, 0.05) is 50.0 Å². The fourth-order valence-electron chi connectivity index (χ4n) is 8.65. The van der Waals surface area contributed by atoms with Gasteiger partial charge in [-0.3, -0.25) is 0 Å². The molecule has 2 aromatic heterocycles. The first kappa shape index (κ1) is 32.8. The monoisotopic (exact) mass is 727 g/mol. The van der Waals surface area contributed by atoms with Crippen LogP contribution in [0.5, 0.6) is 0 Å². The zero-order chi connectivity index (χ0) is 37.7. The van der Waals surface area contributed by atoms with Crippen LogP contribution >= 0.6 is 0 Å². The second-order valence-corrected chi connectivity index (χ2v) is 14.6. The number of hydrogen-bond acceptors (Lipinski definition) is 1. The number of hydrogen-bond donors (Lipinski definition) is 0. The van der Waals surface area contributed by atoms with Crippen LogP contribution in [0, 0.1) is 0 Å². The predicted octanol–water partition coefficient (Wildman–Crippen LogP) is 14.7. The average Bonchev–Trinajstić information content (AvgIpc) is 3.80. The van der Waals surface area contributed by atoms with E-state index < -0.39 is 0 Å². The summed E-state index contributed by atoms with van der Waals surface area (Å²) in [6, 6.07) is 81.0. The zero-order valence-corrected chi connectivity index (χ0v) is 31.2. The molecule has 0 unspecified atom stereocenters. The molecule has 0 amide bonds. The summed E-state index contributed by atoms with van der Waals surface area (Å²) in [5.41, 5.74) is 15.3. The van der Waals surface area contributed by atoms with E-state index in [1.807, 2.05) is 0 Å². The summed E-state index contributed by atoms with van der Waals surface area (Å²) in [6.45, 7) is 0. The molecule has 0 fully saturated rings. The van der Waals surface area contributed by atoms with Gasteiger partial charge in [-0.15, -0.1) is 0 Å². The first-order chi connectivity index (χ1) is 28.3. The van der Waals surface area contributed by atoms with E-state index in [0.29, 0.717) is 0 Å². The van der Waals surface area contributed by atoms with Gasteiger partial charge >= 0.3 is 0 Å². The maximum atomic E-state index is 2.36. The van der Waals surface area contributed by atoms with E-state index in [2.05, 4.69) is 238 Å². The summed E-state index contributed by atoms with van der Waals surface area (Å²) in [7, 11) is 0. The zero-order valence-electron chi connectivity index (χ0n) is 31.2. The molecule has 0 N–H and O–H groups in total. The second-order valence-electron chi connectivity index (χ2n) is 14.6. The molecule has 2 heterocycles. The van der Waals surface area contributed by atoms with E-state index >= 15 is 0 Å². The first-order valence-electron chi connectivity index (χ1n) is 19.5. The van der Waals surface area contributed by atoms with Crippen LogP contribution in [0.15, 0.2) is 224 Å². The molecular weight excluding hydrogens is 691 g/mol. The fourth-order valence-corrected chi connectivity index (χ4v) is 8.65. The maximum absolute atomic E-state index is 2.36. The van der Waals surface area contributed by atoms with Gasteiger partial charge in [-0.1, -0.05) is 127 Å². The highest BCUT2D eigenvalue weighted by Gasteiger charge is 2.17. The SMILES string of the molecule is c1ccc(N(c2ccc(-c3ccc4c(c3)c3ccccc3n4-c3ccccc3)cc2)c2ccc(-c3ccc4c(c3)c3ccccc3n4-c3ccccc3)cc2)cc1. The molecule has 0 radical (unpaired) electrons. The Hall–Kier alpha value is -7.62. The Morgan fingerprint density at radius 2 is 0.579 bits per heavy atom. The van der Waals surface area contributed by atoms with Gasteiger partial charge in [-0.05, 0) is 119 Å². The summed E-state index contributed by atoms with van der Waals surface area (Å²) in [5.74, 6) is 0. The Balaban J connectivity index is 0.945. The minimum absolute atomic E-state index is 1.11. The van der Waals surface area contributed by atoms with E-state index in [-0.39, 0.29) is 0 Å². The maximum Gasteiger partial charge on any atom is 0.0541 e. The lowest BCUT2D eigenvalue weighted by Crippen LogP contribution is -2.09. The number of fused-ring (bicyclic) bond motifs is 6. The van der Waals surface area contributed by atoms with Gasteiger partial charge in [0.05, 0.1) is 22.1 Å². The highest BCUT2D eigenvalue weighted by atomic mass is 15.1. The standard InChI is InChI=1S/C54H37N3/c1-4-14-42(15-5-1)55(45-30-24-38(25-31-45)40-28-34-53-49(36-40)47-20-10-12-22-51(47)56(53)43-16-6-2-7-17-43)46-32-26-39(27-33-46)41-29-35-54-50(37-41)48-21-11-13-23-52(48)57(54)44-18-8-3-9-19-44/h1-37H. The van der Waals surface area contributed by atoms with Gasteiger partial charge in [0.2, 0.25) is 0 Å². The second kappa shape index (κ2) is 13.6. The van der Waals surface area contributed by atoms with Gasteiger partial charge in [0.1, 0.15) is 0 Å². The van der Waals surface area contributed by atoms with Crippen LogP contribution in [-0.2, 0) is 0 Å². The summed E-state index contributed by atoms with van der Waals surface area (Å²) in [6.07, 6.45) is 0. The van der Waals surface area contributed by atoms with Crippen molar-refractivity contribution in [2.45, 2.75) is 0 Å². The van der Waals surface area contributed by atoms with Gasteiger partial charge < -0.3 is 14.0 Å². The van der Waals surface area contributed by atoms with Gasteiger partial charge in [-0.2, -0.15) is 0 Å². The first-order valence-corrected chi connectivity index (χ1v) is 19.5. The predicted molar refractivity (Wildman–Crippen MR) is 241 cm³/mol. The highest BCUT2D eigenvalue weighted by molar-refractivity contribution is 6.11.